The van der Waals surface area contributed by atoms with Gasteiger partial charge in [0, 0.05) is 21.9 Å². The van der Waals surface area contributed by atoms with Gasteiger partial charge in [-0.2, -0.15) is 0 Å². The number of carbonyl (C=O) groups is 1. The third-order valence-electron chi connectivity index (χ3n) is 4.12. The molecular weight excluding hydrogens is 346 g/mol. The van der Waals surface area contributed by atoms with Crippen molar-refractivity contribution in [3.8, 4) is 0 Å². The molecule has 2 aromatic rings. The van der Waals surface area contributed by atoms with Crippen LogP contribution in [0.1, 0.15) is 37.6 Å². The maximum absolute atomic E-state index is 11.9. The van der Waals surface area contributed by atoms with Gasteiger partial charge in [0.15, 0.2) is 0 Å². The maximum atomic E-state index is 11.9. The number of nitrogens with zero attached hydrogens (tertiary/aromatic N) is 1. The Balaban J connectivity index is 2.08. The van der Waals surface area contributed by atoms with E-state index in [4.69, 9.17) is 9.47 Å². The molecule has 3 rings (SSSR count). The third kappa shape index (κ3) is 2.68. The van der Waals surface area contributed by atoms with Gasteiger partial charge in [0.2, 0.25) is 0 Å². The number of carbonyl (C=O) groups excluding carboxylic acids is 1. The second-order valence-corrected chi connectivity index (χ2v) is 6.30. The summed E-state index contributed by atoms with van der Waals surface area (Å²) in [6, 6.07) is 6.34. The zero-order chi connectivity index (χ0) is 15.7. The van der Waals surface area contributed by atoms with Crippen molar-refractivity contribution < 1.29 is 14.3 Å². The van der Waals surface area contributed by atoms with E-state index in [-0.39, 0.29) is 18.5 Å². The topological polar surface area (TPSA) is 40.5 Å². The van der Waals surface area contributed by atoms with Crippen molar-refractivity contribution in [2.24, 2.45) is 0 Å². The van der Waals surface area contributed by atoms with E-state index in [1.807, 2.05) is 6.92 Å². The van der Waals surface area contributed by atoms with Crippen LogP contribution >= 0.6 is 15.9 Å². The quantitative estimate of drug-likeness (QED) is 0.769. The van der Waals surface area contributed by atoms with Gasteiger partial charge in [0.25, 0.3) is 0 Å². The van der Waals surface area contributed by atoms with Gasteiger partial charge >= 0.3 is 5.97 Å². The van der Waals surface area contributed by atoms with Gasteiger partial charge in [-0.05, 0) is 44.0 Å². The highest BCUT2D eigenvalue weighted by Gasteiger charge is 2.30. The van der Waals surface area contributed by atoms with Gasteiger partial charge in [-0.25, -0.2) is 0 Å². The molecular formula is C17H20BrNO3. The molecule has 1 aromatic heterocycles. The van der Waals surface area contributed by atoms with Gasteiger partial charge in [-0.3, -0.25) is 4.79 Å². The standard InChI is InChI=1S/C17H20BrNO3/c1-3-19-14-6-5-11(18)9-13(14)12-7-8-22-15(17(12)19)10-16(20)21-4-2/h5-6,9,15H,3-4,7-8,10H2,1-2H3. The summed E-state index contributed by atoms with van der Waals surface area (Å²) >= 11 is 3.55. The molecule has 2 heterocycles. The van der Waals surface area contributed by atoms with Crippen molar-refractivity contribution in [2.75, 3.05) is 13.2 Å². The molecule has 5 heteroatoms. The number of ether oxygens (including phenoxy) is 2. The van der Waals surface area contributed by atoms with Crippen LogP contribution in [0.25, 0.3) is 10.9 Å². The average Bonchev–Trinajstić information content (AvgIpc) is 2.81. The van der Waals surface area contributed by atoms with Gasteiger partial charge in [0.1, 0.15) is 6.10 Å². The molecule has 0 saturated heterocycles. The van der Waals surface area contributed by atoms with E-state index in [9.17, 15) is 4.79 Å². The molecule has 0 spiro atoms. The molecule has 4 nitrogen and oxygen atoms in total. The van der Waals surface area contributed by atoms with Crippen LogP contribution in [0.15, 0.2) is 22.7 Å². The van der Waals surface area contributed by atoms with Gasteiger partial charge < -0.3 is 14.0 Å². The molecule has 0 saturated carbocycles. The molecule has 1 aromatic carbocycles. The smallest absolute Gasteiger partial charge is 0.308 e. The van der Waals surface area contributed by atoms with Gasteiger partial charge in [-0.1, -0.05) is 15.9 Å². The number of benzene rings is 1. The molecule has 22 heavy (non-hydrogen) atoms. The highest BCUT2D eigenvalue weighted by atomic mass is 79.9. The molecule has 1 atom stereocenters. The summed E-state index contributed by atoms with van der Waals surface area (Å²) in [5, 5.41) is 1.25. The molecule has 0 aliphatic carbocycles. The Bertz CT molecular complexity index is 707. The summed E-state index contributed by atoms with van der Waals surface area (Å²) in [5.74, 6) is -0.200. The van der Waals surface area contributed by atoms with E-state index in [0.29, 0.717) is 13.2 Å². The fraction of sp³-hybridized carbons (Fsp3) is 0.471. The number of hydrogen-bond donors (Lipinski definition) is 0. The maximum Gasteiger partial charge on any atom is 0.308 e. The average molecular weight is 366 g/mol. The molecule has 1 unspecified atom stereocenters. The van der Waals surface area contributed by atoms with E-state index in [2.05, 4.69) is 45.6 Å². The van der Waals surface area contributed by atoms with Crippen molar-refractivity contribution in [1.82, 2.24) is 4.57 Å². The molecule has 0 N–H and O–H groups in total. The van der Waals surface area contributed by atoms with E-state index < -0.39 is 0 Å². The zero-order valence-electron chi connectivity index (χ0n) is 12.9. The summed E-state index contributed by atoms with van der Waals surface area (Å²) in [5.41, 5.74) is 3.64. The molecule has 0 fully saturated rings. The third-order valence-corrected chi connectivity index (χ3v) is 4.62. The number of rotatable bonds is 4. The van der Waals surface area contributed by atoms with E-state index in [0.717, 1.165) is 23.1 Å². The summed E-state index contributed by atoms with van der Waals surface area (Å²) in [7, 11) is 0. The molecule has 0 radical (unpaired) electrons. The van der Waals surface area contributed by atoms with Crippen LogP contribution in [0.5, 0.6) is 0 Å². The van der Waals surface area contributed by atoms with Crippen LogP contribution < -0.4 is 0 Å². The predicted octanol–water partition coefficient (Wildman–Crippen LogP) is 3.99. The summed E-state index contributed by atoms with van der Waals surface area (Å²) in [6.45, 7) is 5.86. The van der Waals surface area contributed by atoms with Gasteiger partial charge in [-0.15, -0.1) is 0 Å². The van der Waals surface area contributed by atoms with Crippen molar-refractivity contribution in [1.29, 1.82) is 0 Å². The predicted molar refractivity (Wildman–Crippen MR) is 89.0 cm³/mol. The number of fused-ring (bicyclic) bond motifs is 3. The lowest BCUT2D eigenvalue weighted by Gasteiger charge is -2.25. The summed E-state index contributed by atoms with van der Waals surface area (Å²) in [4.78, 5) is 11.9. The minimum atomic E-state index is -0.214. The van der Waals surface area contributed by atoms with E-state index >= 15 is 0 Å². The van der Waals surface area contributed by atoms with Crippen LogP contribution in [0, 0.1) is 0 Å². The number of aryl methyl sites for hydroxylation is 1. The Hall–Kier alpha value is -1.33. The number of esters is 1. The minimum absolute atomic E-state index is 0.200. The highest BCUT2D eigenvalue weighted by molar-refractivity contribution is 9.10. The van der Waals surface area contributed by atoms with Crippen LogP contribution in [-0.2, 0) is 27.2 Å². The van der Waals surface area contributed by atoms with Gasteiger partial charge in [0.05, 0.1) is 25.3 Å². The highest BCUT2D eigenvalue weighted by Crippen LogP contribution is 2.38. The lowest BCUT2D eigenvalue weighted by molar-refractivity contribution is -0.146. The fourth-order valence-electron chi connectivity index (χ4n) is 3.30. The number of aromatic nitrogens is 1. The Morgan fingerprint density at radius 3 is 3.00 bits per heavy atom. The zero-order valence-corrected chi connectivity index (χ0v) is 14.5. The lowest BCUT2D eigenvalue weighted by atomic mass is 10.0. The fourth-order valence-corrected chi connectivity index (χ4v) is 3.66. The number of halogens is 1. The largest absolute Gasteiger partial charge is 0.466 e. The Labute approximate surface area is 138 Å². The van der Waals surface area contributed by atoms with E-state index in [1.165, 1.54) is 16.5 Å². The van der Waals surface area contributed by atoms with Crippen LogP contribution in [0.3, 0.4) is 0 Å². The normalized spacial score (nSPS) is 17.5. The monoisotopic (exact) mass is 365 g/mol. The molecule has 0 bridgehead atoms. The number of hydrogen-bond acceptors (Lipinski definition) is 3. The first-order chi connectivity index (χ1) is 10.7. The first-order valence-corrected chi connectivity index (χ1v) is 8.52. The molecule has 118 valence electrons. The van der Waals surface area contributed by atoms with Crippen molar-refractivity contribution in [2.45, 2.75) is 39.3 Å². The van der Waals surface area contributed by atoms with Crippen molar-refractivity contribution in [3.05, 3.63) is 33.9 Å². The van der Waals surface area contributed by atoms with E-state index in [1.54, 1.807) is 0 Å². The SMILES string of the molecule is CCOC(=O)CC1OCCc2c1n(CC)c1ccc(Br)cc21. The lowest BCUT2D eigenvalue weighted by Crippen LogP contribution is -2.22. The molecule has 1 aliphatic rings. The van der Waals surface area contributed by atoms with Crippen molar-refractivity contribution in [3.63, 3.8) is 0 Å². The Kier molecular flexibility index (Phi) is 4.54. The van der Waals surface area contributed by atoms with Crippen LogP contribution in [0.4, 0.5) is 0 Å². The first-order valence-electron chi connectivity index (χ1n) is 7.73. The first kappa shape index (κ1) is 15.6. The molecule has 0 amide bonds. The van der Waals surface area contributed by atoms with Crippen LogP contribution in [0.2, 0.25) is 0 Å². The summed E-state index contributed by atoms with van der Waals surface area (Å²) in [6.07, 6.45) is 0.946. The Morgan fingerprint density at radius 1 is 1.45 bits per heavy atom. The minimum Gasteiger partial charge on any atom is -0.466 e. The second-order valence-electron chi connectivity index (χ2n) is 5.39. The van der Waals surface area contributed by atoms with Crippen LogP contribution in [-0.4, -0.2) is 23.8 Å². The summed E-state index contributed by atoms with van der Waals surface area (Å²) < 4.78 is 14.3. The second kappa shape index (κ2) is 6.42. The molecule has 1 aliphatic heterocycles. The Morgan fingerprint density at radius 2 is 2.27 bits per heavy atom. The van der Waals surface area contributed by atoms with Crippen molar-refractivity contribution >= 4 is 32.8 Å².